The van der Waals surface area contributed by atoms with Crippen LogP contribution < -0.4 is 10.6 Å². The average molecular weight is 411 g/mol. The second kappa shape index (κ2) is 5.39. The van der Waals surface area contributed by atoms with Crippen LogP contribution in [0.15, 0.2) is 0 Å². The summed E-state index contributed by atoms with van der Waals surface area (Å²) in [6.07, 6.45) is 0. The van der Waals surface area contributed by atoms with Crippen molar-refractivity contribution in [2.24, 2.45) is 0 Å². The fourth-order valence-electron chi connectivity index (χ4n) is 4.08. The Bertz CT molecular complexity index is 743. The number of sulfone groups is 2. The zero-order chi connectivity index (χ0) is 17.3. The minimum Gasteiger partial charge on any atom is -0.357 e. The Balaban J connectivity index is 1.45. The lowest BCUT2D eigenvalue weighted by molar-refractivity contribution is 0.286. The molecule has 0 amide bonds. The van der Waals surface area contributed by atoms with Gasteiger partial charge in [-0.3, -0.25) is 0 Å². The molecule has 0 saturated carbocycles. The first-order chi connectivity index (χ1) is 11.2. The van der Waals surface area contributed by atoms with Gasteiger partial charge in [0.1, 0.15) is 0 Å². The fraction of sp³-hybridized carbons (Fsp3) is 0.833. The van der Waals surface area contributed by atoms with Crippen molar-refractivity contribution >= 4 is 54.3 Å². The van der Waals surface area contributed by atoms with E-state index in [-0.39, 0.29) is 47.2 Å². The van der Waals surface area contributed by atoms with Crippen molar-refractivity contribution in [3.05, 3.63) is 0 Å². The number of nitrogens with zero attached hydrogens (tertiary/aromatic N) is 2. The van der Waals surface area contributed by atoms with Crippen LogP contribution >= 0.6 is 24.4 Å². The first-order valence-corrected chi connectivity index (χ1v) is 12.2. The van der Waals surface area contributed by atoms with Gasteiger partial charge in [0.15, 0.2) is 29.9 Å². The summed E-state index contributed by atoms with van der Waals surface area (Å²) in [5, 5.41) is 7.29. The molecule has 0 bridgehead atoms. The number of fused-ring (bicyclic) bond motifs is 2. The molecule has 4 aliphatic rings. The van der Waals surface area contributed by atoms with Crippen molar-refractivity contribution in [3.8, 4) is 0 Å². The molecule has 0 aromatic heterocycles. The normalized spacial score (nSPS) is 38.8. The predicted octanol–water partition coefficient (Wildman–Crippen LogP) is -2.30. The van der Waals surface area contributed by atoms with Crippen molar-refractivity contribution in [3.63, 3.8) is 0 Å². The van der Waals surface area contributed by atoms with Gasteiger partial charge in [0.25, 0.3) is 0 Å². The van der Waals surface area contributed by atoms with Crippen LogP contribution in [-0.2, 0) is 19.7 Å². The summed E-state index contributed by atoms with van der Waals surface area (Å²) >= 11 is 10.7. The van der Waals surface area contributed by atoms with Crippen molar-refractivity contribution in [1.82, 2.24) is 20.4 Å². The minimum absolute atomic E-state index is 0.105. The second-order valence-corrected chi connectivity index (χ2v) is 11.9. The molecule has 0 aliphatic carbocycles. The third-order valence-corrected chi connectivity index (χ3v) is 9.30. The molecule has 134 valence electrons. The van der Waals surface area contributed by atoms with Crippen molar-refractivity contribution in [2.75, 3.05) is 36.1 Å². The Morgan fingerprint density at radius 1 is 0.792 bits per heavy atom. The molecule has 4 aliphatic heterocycles. The standard InChI is InChI=1S/C12H18N4O4S4/c17-23(18)3-7-9(5-23)15(11(21)13-7)1-2-16-10-6-24(19,20)4-8(10)14-12(16)22/h7-10H,1-6H2,(H,13,21)(H,14,22)/t7-,8+,9-,10-/m1/s1. The van der Waals surface area contributed by atoms with Crippen LogP contribution in [0.3, 0.4) is 0 Å². The topological polar surface area (TPSA) is 98.8 Å². The lowest BCUT2D eigenvalue weighted by atomic mass is 10.2. The highest BCUT2D eigenvalue weighted by Gasteiger charge is 2.49. The summed E-state index contributed by atoms with van der Waals surface area (Å²) in [7, 11) is -6.07. The van der Waals surface area contributed by atoms with Gasteiger partial charge in [-0.15, -0.1) is 0 Å². The van der Waals surface area contributed by atoms with E-state index in [1.54, 1.807) is 0 Å². The molecule has 8 nitrogen and oxygen atoms in total. The van der Waals surface area contributed by atoms with Crippen LogP contribution in [0.1, 0.15) is 0 Å². The number of thiocarbonyl (C=S) groups is 2. The van der Waals surface area contributed by atoms with Gasteiger partial charge in [0, 0.05) is 13.1 Å². The van der Waals surface area contributed by atoms with Crippen LogP contribution in [0, 0.1) is 0 Å². The maximum atomic E-state index is 11.8. The van der Waals surface area contributed by atoms with Gasteiger partial charge in [-0.25, -0.2) is 16.8 Å². The van der Waals surface area contributed by atoms with E-state index >= 15 is 0 Å². The van der Waals surface area contributed by atoms with Crippen LogP contribution in [0.25, 0.3) is 0 Å². The van der Waals surface area contributed by atoms with Crippen molar-refractivity contribution < 1.29 is 16.8 Å². The van der Waals surface area contributed by atoms with Crippen LogP contribution in [0.5, 0.6) is 0 Å². The Hall–Kier alpha value is -0.720. The highest BCUT2D eigenvalue weighted by molar-refractivity contribution is 7.92. The SMILES string of the molecule is O=S1(=O)C[C@@H]2NC(=S)N(CCN3C(=S)N[C@@H]4CS(=O)(=O)C[C@H]43)[C@@H]2C1. The first kappa shape index (κ1) is 16.7. The smallest absolute Gasteiger partial charge is 0.169 e. The Morgan fingerprint density at radius 3 is 1.54 bits per heavy atom. The van der Waals surface area contributed by atoms with Crippen LogP contribution in [0.4, 0.5) is 0 Å². The maximum Gasteiger partial charge on any atom is 0.169 e. The van der Waals surface area contributed by atoms with E-state index in [0.29, 0.717) is 23.3 Å². The molecule has 4 heterocycles. The van der Waals surface area contributed by atoms with E-state index in [2.05, 4.69) is 10.6 Å². The number of hydrogen-bond donors (Lipinski definition) is 2. The van der Waals surface area contributed by atoms with E-state index < -0.39 is 19.7 Å². The lowest BCUT2D eigenvalue weighted by Crippen LogP contribution is -2.45. The third kappa shape index (κ3) is 2.76. The summed E-state index contributed by atoms with van der Waals surface area (Å²) in [6.45, 7) is 1.04. The van der Waals surface area contributed by atoms with E-state index in [1.807, 2.05) is 9.80 Å². The first-order valence-electron chi connectivity index (χ1n) is 7.70. The molecule has 4 saturated heterocycles. The molecule has 4 atom stereocenters. The lowest BCUT2D eigenvalue weighted by Gasteiger charge is -2.29. The second-order valence-electron chi connectivity index (χ2n) is 6.79. The summed E-state index contributed by atoms with van der Waals surface area (Å²) in [4.78, 5) is 3.81. The quantitative estimate of drug-likeness (QED) is 0.494. The maximum absolute atomic E-state index is 11.8. The summed E-state index contributed by atoms with van der Waals surface area (Å²) in [5.41, 5.74) is 0. The third-order valence-electron chi connectivity index (χ3n) is 5.17. The highest BCUT2D eigenvalue weighted by atomic mass is 32.2. The monoisotopic (exact) mass is 410 g/mol. The van der Waals surface area contributed by atoms with E-state index in [9.17, 15) is 16.8 Å². The molecule has 0 spiro atoms. The predicted molar refractivity (Wildman–Crippen MR) is 97.3 cm³/mol. The zero-order valence-electron chi connectivity index (χ0n) is 12.7. The molecular formula is C12H18N4O4S4. The summed E-state index contributed by atoms with van der Waals surface area (Å²) in [6, 6.07) is -0.582. The zero-order valence-corrected chi connectivity index (χ0v) is 16.0. The largest absolute Gasteiger partial charge is 0.357 e. The molecule has 2 N–H and O–H groups in total. The van der Waals surface area contributed by atoms with Crippen molar-refractivity contribution in [1.29, 1.82) is 0 Å². The van der Waals surface area contributed by atoms with Gasteiger partial charge in [0.2, 0.25) is 0 Å². The van der Waals surface area contributed by atoms with E-state index in [0.717, 1.165) is 0 Å². The summed E-state index contributed by atoms with van der Waals surface area (Å²) in [5.74, 6) is 0.434. The molecule has 4 fully saturated rings. The molecule has 0 aromatic rings. The Morgan fingerprint density at radius 2 is 1.17 bits per heavy atom. The van der Waals surface area contributed by atoms with Gasteiger partial charge in [0.05, 0.1) is 47.2 Å². The summed E-state index contributed by atoms with van der Waals surface area (Å²) < 4.78 is 47.2. The van der Waals surface area contributed by atoms with Crippen LogP contribution in [0.2, 0.25) is 0 Å². The number of rotatable bonds is 3. The van der Waals surface area contributed by atoms with Crippen LogP contribution in [-0.4, -0.2) is 97.1 Å². The minimum atomic E-state index is -3.03. The van der Waals surface area contributed by atoms with E-state index in [4.69, 9.17) is 24.4 Å². The van der Waals surface area contributed by atoms with Gasteiger partial charge >= 0.3 is 0 Å². The number of hydrogen-bond acceptors (Lipinski definition) is 6. The van der Waals surface area contributed by atoms with Gasteiger partial charge in [-0.2, -0.15) is 0 Å². The number of nitrogens with one attached hydrogen (secondary N) is 2. The molecular weight excluding hydrogens is 392 g/mol. The average Bonchev–Trinajstić information content (AvgIpc) is 3.05. The highest BCUT2D eigenvalue weighted by Crippen LogP contribution is 2.26. The molecule has 24 heavy (non-hydrogen) atoms. The van der Waals surface area contributed by atoms with E-state index in [1.165, 1.54) is 0 Å². The molecule has 4 rings (SSSR count). The van der Waals surface area contributed by atoms with Crippen molar-refractivity contribution in [2.45, 2.75) is 24.2 Å². The Labute approximate surface area is 151 Å². The molecule has 0 radical (unpaired) electrons. The molecule has 0 unspecified atom stereocenters. The molecule has 0 aromatic carbocycles. The van der Waals surface area contributed by atoms with Gasteiger partial charge in [-0.05, 0) is 24.4 Å². The van der Waals surface area contributed by atoms with Gasteiger partial charge in [-0.1, -0.05) is 0 Å². The van der Waals surface area contributed by atoms with Gasteiger partial charge < -0.3 is 20.4 Å². The fourth-order valence-corrected chi connectivity index (χ4v) is 8.68. The molecule has 12 heteroatoms. The Kier molecular flexibility index (Phi) is 3.76.